The number of benzene rings is 1. The molecule has 1 aromatic rings. The zero-order valence-corrected chi connectivity index (χ0v) is 11.0. The summed E-state index contributed by atoms with van der Waals surface area (Å²) in [4.78, 5) is 2.35. The fourth-order valence-electron chi connectivity index (χ4n) is 1.80. The molecule has 16 heavy (non-hydrogen) atoms. The van der Waals surface area contributed by atoms with Crippen LogP contribution in [0.25, 0.3) is 0 Å². The lowest BCUT2D eigenvalue weighted by Gasteiger charge is -2.27. The van der Waals surface area contributed by atoms with Crippen molar-refractivity contribution in [3.8, 4) is 0 Å². The normalized spacial score (nSPS) is 17.7. The third-order valence-corrected chi connectivity index (χ3v) is 4.05. The van der Waals surface area contributed by atoms with Crippen molar-refractivity contribution in [1.82, 2.24) is 10.2 Å². The van der Waals surface area contributed by atoms with Gasteiger partial charge in [-0.05, 0) is 11.6 Å². The van der Waals surface area contributed by atoms with Crippen molar-refractivity contribution in [2.75, 3.05) is 26.2 Å². The van der Waals surface area contributed by atoms with Crippen LogP contribution in [0.4, 0.5) is 0 Å². The molecule has 0 unspecified atom stereocenters. The number of rotatable bonds is 2. The Balaban J connectivity index is 2.11. The molecule has 1 fully saturated rings. The summed E-state index contributed by atoms with van der Waals surface area (Å²) in [7, 11) is 0. The first kappa shape index (κ1) is 12.5. The Bertz CT molecular complexity index is 376. The molecule has 0 spiro atoms. The average molecular weight is 280 g/mol. The molecule has 2 rings (SSSR count). The van der Waals surface area contributed by atoms with E-state index in [0.717, 1.165) is 38.3 Å². The van der Waals surface area contributed by atoms with Gasteiger partial charge in [0.2, 0.25) is 0 Å². The smallest absolute Gasteiger partial charge is 0.0781 e. The first-order valence-electron chi connectivity index (χ1n) is 5.24. The van der Waals surface area contributed by atoms with Gasteiger partial charge in [-0.25, -0.2) is 0 Å². The number of hydrogen-bond donors (Lipinski definition) is 1. The molecular formula is C11H13Cl3N2. The predicted octanol–water partition coefficient (Wildman–Crippen LogP) is 3.05. The molecule has 88 valence electrons. The van der Waals surface area contributed by atoms with E-state index in [4.69, 9.17) is 34.8 Å². The first-order valence-corrected chi connectivity index (χ1v) is 6.37. The summed E-state index contributed by atoms with van der Waals surface area (Å²) >= 11 is 18.1. The van der Waals surface area contributed by atoms with Gasteiger partial charge < -0.3 is 5.32 Å². The van der Waals surface area contributed by atoms with E-state index in [1.54, 1.807) is 6.07 Å². The first-order chi connectivity index (χ1) is 7.68. The van der Waals surface area contributed by atoms with Crippen LogP contribution in [0.15, 0.2) is 12.1 Å². The predicted molar refractivity (Wildman–Crippen MR) is 69.6 cm³/mol. The van der Waals surface area contributed by atoms with Gasteiger partial charge >= 0.3 is 0 Å². The minimum Gasteiger partial charge on any atom is -0.314 e. The van der Waals surface area contributed by atoms with Gasteiger partial charge in [-0.1, -0.05) is 40.9 Å². The highest BCUT2D eigenvalue weighted by molar-refractivity contribution is 6.48. The van der Waals surface area contributed by atoms with Crippen molar-refractivity contribution in [3.63, 3.8) is 0 Å². The minimum absolute atomic E-state index is 0.455. The molecule has 0 aromatic heterocycles. The second-order valence-corrected chi connectivity index (χ2v) is 5.02. The molecule has 0 saturated carbocycles. The van der Waals surface area contributed by atoms with E-state index in [-0.39, 0.29) is 0 Å². The summed E-state index contributed by atoms with van der Waals surface area (Å²) in [6.07, 6.45) is 0. The topological polar surface area (TPSA) is 15.3 Å². The Morgan fingerprint density at radius 2 is 1.75 bits per heavy atom. The van der Waals surface area contributed by atoms with Gasteiger partial charge in [0.15, 0.2) is 0 Å². The van der Waals surface area contributed by atoms with Crippen LogP contribution in [0, 0.1) is 0 Å². The highest BCUT2D eigenvalue weighted by Crippen LogP contribution is 2.33. The van der Waals surface area contributed by atoms with Crippen LogP contribution in [0.1, 0.15) is 5.56 Å². The van der Waals surface area contributed by atoms with Crippen LogP contribution in [-0.2, 0) is 6.54 Å². The van der Waals surface area contributed by atoms with Crippen molar-refractivity contribution in [1.29, 1.82) is 0 Å². The van der Waals surface area contributed by atoms with Crippen LogP contribution in [0.2, 0.25) is 15.1 Å². The van der Waals surface area contributed by atoms with Crippen LogP contribution >= 0.6 is 34.8 Å². The van der Waals surface area contributed by atoms with Crippen LogP contribution in [-0.4, -0.2) is 31.1 Å². The quantitative estimate of drug-likeness (QED) is 0.837. The standard InChI is InChI=1S/C11H13Cl3N2/c12-9-2-1-8(10(13)11(9)14)7-16-5-3-15-4-6-16/h1-2,15H,3-7H2. The number of piperazine rings is 1. The Labute approximate surface area is 110 Å². The molecule has 1 saturated heterocycles. The number of halogens is 3. The molecule has 2 nitrogen and oxygen atoms in total. The molecule has 0 amide bonds. The molecule has 1 N–H and O–H groups in total. The second-order valence-electron chi connectivity index (χ2n) is 3.86. The SMILES string of the molecule is Clc1ccc(CN2CCNCC2)c(Cl)c1Cl. The van der Waals surface area contributed by atoms with E-state index in [1.165, 1.54) is 0 Å². The van der Waals surface area contributed by atoms with E-state index in [0.29, 0.717) is 15.1 Å². The zero-order valence-electron chi connectivity index (χ0n) is 8.77. The average Bonchev–Trinajstić information content (AvgIpc) is 2.31. The Morgan fingerprint density at radius 3 is 2.44 bits per heavy atom. The van der Waals surface area contributed by atoms with Gasteiger partial charge in [-0.2, -0.15) is 0 Å². The highest BCUT2D eigenvalue weighted by Gasteiger charge is 2.14. The summed E-state index contributed by atoms with van der Waals surface area (Å²) in [5.41, 5.74) is 1.04. The third-order valence-electron chi connectivity index (χ3n) is 2.72. The second kappa shape index (κ2) is 5.56. The van der Waals surface area contributed by atoms with Gasteiger partial charge in [-0.15, -0.1) is 0 Å². The lowest BCUT2D eigenvalue weighted by atomic mass is 10.2. The van der Waals surface area contributed by atoms with E-state index in [1.807, 2.05) is 6.07 Å². The third kappa shape index (κ3) is 2.82. The monoisotopic (exact) mass is 278 g/mol. The van der Waals surface area contributed by atoms with E-state index in [2.05, 4.69) is 10.2 Å². The highest BCUT2D eigenvalue weighted by atomic mass is 35.5. The van der Waals surface area contributed by atoms with Gasteiger partial charge in [0.25, 0.3) is 0 Å². The van der Waals surface area contributed by atoms with Gasteiger partial charge in [0.05, 0.1) is 15.1 Å². The zero-order chi connectivity index (χ0) is 11.5. The summed E-state index contributed by atoms with van der Waals surface area (Å²) in [6, 6.07) is 3.74. The van der Waals surface area contributed by atoms with Crippen molar-refractivity contribution in [3.05, 3.63) is 32.8 Å². The van der Waals surface area contributed by atoms with Gasteiger partial charge in [-0.3, -0.25) is 4.90 Å². The summed E-state index contributed by atoms with van der Waals surface area (Å²) < 4.78 is 0. The summed E-state index contributed by atoms with van der Waals surface area (Å²) in [5.74, 6) is 0. The molecular weight excluding hydrogens is 266 g/mol. The maximum Gasteiger partial charge on any atom is 0.0781 e. The van der Waals surface area contributed by atoms with Crippen LogP contribution in [0.3, 0.4) is 0 Å². The lowest BCUT2D eigenvalue weighted by molar-refractivity contribution is 0.233. The summed E-state index contributed by atoms with van der Waals surface area (Å²) in [6.45, 7) is 4.96. The maximum absolute atomic E-state index is 6.16. The van der Waals surface area contributed by atoms with E-state index >= 15 is 0 Å². The van der Waals surface area contributed by atoms with Crippen molar-refractivity contribution in [2.24, 2.45) is 0 Å². The molecule has 0 atom stereocenters. The number of nitrogens with one attached hydrogen (secondary N) is 1. The molecule has 1 aliphatic heterocycles. The van der Waals surface area contributed by atoms with Crippen molar-refractivity contribution < 1.29 is 0 Å². The minimum atomic E-state index is 0.455. The van der Waals surface area contributed by atoms with E-state index < -0.39 is 0 Å². The van der Waals surface area contributed by atoms with Gasteiger partial charge in [0, 0.05) is 32.7 Å². The molecule has 0 radical (unpaired) electrons. The Kier molecular flexibility index (Phi) is 4.34. The summed E-state index contributed by atoms with van der Waals surface area (Å²) in [5, 5.41) is 4.85. The largest absolute Gasteiger partial charge is 0.314 e. The molecule has 0 aliphatic carbocycles. The molecule has 1 aromatic carbocycles. The molecule has 5 heteroatoms. The van der Waals surface area contributed by atoms with E-state index in [9.17, 15) is 0 Å². The van der Waals surface area contributed by atoms with Gasteiger partial charge in [0.1, 0.15) is 0 Å². The van der Waals surface area contributed by atoms with Crippen molar-refractivity contribution in [2.45, 2.75) is 6.54 Å². The Hall–Kier alpha value is 0.01000. The molecule has 1 heterocycles. The lowest BCUT2D eigenvalue weighted by Crippen LogP contribution is -2.42. The Morgan fingerprint density at radius 1 is 1.06 bits per heavy atom. The fourth-order valence-corrected chi connectivity index (χ4v) is 2.41. The molecule has 1 aliphatic rings. The molecule has 0 bridgehead atoms. The number of nitrogens with zero attached hydrogens (tertiary/aromatic N) is 1. The van der Waals surface area contributed by atoms with Crippen LogP contribution in [0.5, 0.6) is 0 Å². The maximum atomic E-state index is 6.16. The number of hydrogen-bond acceptors (Lipinski definition) is 2. The van der Waals surface area contributed by atoms with Crippen LogP contribution < -0.4 is 5.32 Å². The van der Waals surface area contributed by atoms with Crippen molar-refractivity contribution >= 4 is 34.8 Å². The fraction of sp³-hybridized carbons (Fsp3) is 0.455.